The lowest BCUT2D eigenvalue weighted by Gasteiger charge is -2.31. The van der Waals surface area contributed by atoms with Crippen molar-refractivity contribution in [2.75, 3.05) is 0 Å². The van der Waals surface area contributed by atoms with Crippen molar-refractivity contribution in [3.63, 3.8) is 0 Å². The average molecular weight is 232 g/mol. The molecule has 0 aliphatic heterocycles. The molecular weight excluding hydrogens is 212 g/mol. The van der Waals surface area contributed by atoms with E-state index in [9.17, 15) is 4.79 Å². The highest BCUT2D eigenvalue weighted by atomic mass is 16.1. The molecule has 1 aromatic rings. The predicted octanol–water partition coefficient (Wildman–Crippen LogP) is 2.09. The second kappa shape index (κ2) is 4.88. The van der Waals surface area contributed by atoms with E-state index in [1.165, 1.54) is 11.1 Å². The third-order valence-corrected chi connectivity index (χ3v) is 3.67. The first kappa shape index (κ1) is 12.1. The van der Waals surface area contributed by atoms with Crippen molar-refractivity contribution in [1.82, 2.24) is 5.32 Å². The fourth-order valence-electron chi connectivity index (χ4n) is 2.56. The van der Waals surface area contributed by atoms with Crippen LogP contribution in [0.2, 0.25) is 0 Å². The predicted molar refractivity (Wildman–Crippen MR) is 68.6 cm³/mol. The zero-order valence-corrected chi connectivity index (χ0v) is 10.4. The first-order chi connectivity index (χ1) is 8.09. The molecule has 2 rings (SSSR count). The van der Waals surface area contributed by atoms with Gasteiger partial charge in [-0.1, -0.05) is 31.2 Å². The molecule has 17 heavy (non-hydrogen) atoms. The summed E-state index contributed by atoms with van der Waals surface area (Å²) in [5, 5.41) is 3.32. The molecule has 0 saturated carbocycles. The molecule has 0 aromatic heterocycles. The molecule has 1 aromatic carbocycles. The Bertz CT molecular complexity index is 416. The van der Waals surface area contributed by atoms with Crippen molar-refractivity contribution in [2.45, 2.75) is 44.7 Å². The van der Waals surface area contributed by atoms with Crippen molar-refractivity contribution in [1.29, 1.82) is 0 Å². The lowest BCUT2D eigenvalue weighted by molar-refractivity contribution is -0.119. The molecule has 0 saturated heterocycles. The molecule has 0 radical (unpaired) electrons. The third kappa shape index (κ3) is 2.50. The van der Waals surface area contributed by atoms with E-state index < -0.39 is 0 Å². The largest absolute Gasteiger partial charge is 0.368 e. The van der Waals surface area contributed by atoms with E-state index in [-0.39, 0.29) is 18.0 Å². The number of carbonyl (C=O) groups is 1. The molecule has 1 aliphatic carbocycles. The molecule has 3 atom stereocenters. The van der Waals surface area contributed by atoms with Crippen LogP contribution in [0.15, 0.2) is 24.3 Å². The van der Waals surface area contributed by atoms with Gasteiger partial charge in [0.15, 0.2) is 0 Å². The van der Waals surface area contributed by atoms with E-state index in [1.807, 2.05) is 6.92 Å². The van der Waals surface area contributed by atoms with Crippen molar-refractivity contribution in [2.24, 2.45) is 5.73 Å². The molecular formula is C14H20N2O. The Hall–Kier alpha value is -1.35. The Labute approximate surface area is 102 Å². The number of fused-ring (bicyclic) bond motifs is 1. The van der Waals surface area contributed by atoms with Crippen LogP contribution in [0, 0.1) is 0 Å². The summed E-state index contributed by atoms with van der Waals surface area (Å²) in [6, 6.07) is 8.45. The molecule has 3 heteroatoms. The van der Waals surface area contributed by atoms with E-state index in [0.717, 1.165) is 12.8 Å². The third-order valence-electron chi connectivity index (χ3n) is 3.67. The number of nitrogens with two attached hydrogens (primary N) is 1. The zero-order valence-electron chi connectivity index (χ0n) is 10.4. The maximum atomic E-state index is 11.1. The Balaban J connectivity index is 2.21. The molecule has 0 bridgehead atoms. The second-order valence-electron chi connectivity index (χ2n) is 4.95. The Morgan fingerprint density at radius 2 is 2.00 bits per heavy atom. The summed E-state index contributed by atoms with van der Waals surface area (Å²) in [4.78, 5) is 11.1. The van der Waals surface area contributed by atoms with Crippen LogP contribution in [0.3, 0.4) is 0 Å². The van der Waals surface area contributed by atoms with Crippen LogP contribution in [0.5, 0.6) is 0 Å². The molecule has 3 N–H and O–H groups in total. The SMILES string of the molecule is CC(NC1CCC(C)c2ccccc21)C(N)=O. The molecule has 1 amide bonds. The number of primary amides is 1. The minimum absolute atomic E-state index is 0.255. The maximum Gasteiger partial charge on any atom is 0.234 e. The summed E-state index contributed by atoms with van der Waals surface area (Å²) in [6.45, 7) is 4.08. The van der Waals surface area contributed by atoms with Crippen LogP contribution in [0.1, 0.15) is 49.8 Å². The highest BCUT2D eigenvalue weighted by Crippen LogP contribution is 2.37. The Morgan fingerprint density at radius 1 is 1.35 bits per heavy atom. The fourth-order valence-corrected chi connectivity index (χ4v) is 2.56. The van der Waals surface area contributed by atoms with Gasteiger partial charge in [0.25, 0.3) is 0 Å². The van der Waals surface area contributed by atoms with Crippen molar-refractivity contribution in [3.05, 3.63) is 35.4 Å². The number of nitrogens with one attached hydrogen (secondary N) is 1. The maximum absolute atomic E-state index is 11.1. The van der Waals surface area contributed by atoms with E-state index in [4.69, 9.17) is 5.73 Å². The molecule has 92 valence electrons. The summed E-state index contributed by atoms with van der Waals surface area (Å²) in [5.74, 6) is 0.314. The van der Waals surface area contributed by atoms with Crippen LogP contribution >= 0.6 is 0 Å². The summed E-state index contributed by atoms with van der Waals surface area (Å²) < 4.78 is 0. The Morgan fingerprint density at radius 3 is 2.65 bits per heavy atom. The number of carbonyl (C=O) groups excluding carboxylic acids is 1. The summed E-state index contributed by atoms with van der Waals surface area (Å²) in [6.07, 6.45) is 2.22. The highest BCUT2D eigenvalue weighted by Gasteiger charge is 2.25. The Kier molecular flexibility index (Phi) is 3.48. The highest BCUT2D eigenvalue weighted by molar-refractivity contribution is 5.79. The number of rotatable bonds is 3. The van der Waals surface area contributed by atoms with E-state index in [0.29, 0.717) is 5.92 Å². The van der Waals surface area contributed by atoms with E-state index >= 15 is 0 Å². The van der Waals surface area contributed by atoms with Gasteiger partial charge in [-0.3, -0.25) is 10.1 Å². The van der Waals surface area contributed by atoms with Gasteiger partial charge in [-0.15, -0.1) is 0 Å². The monoisotopic (exact) mass is 232 g/mol. The molecule has 0 spiro atoms. The van der Waals surface area contributed by atoms with Crippen LogP contribution in [-0.2, 0) is 4.79 Å². The van der Waals surface area contributed by atoms with Gasteiger partial charge in [-0.05, 0) is 36.8 Å². The number of hydrogen-bond acceptors (Lipinski definition) is 2. The first-order valence-electron chi connectivity index (χ1n) is 6.23. The van der Waals surface area contributed by atoms with Gasteiger partial charge in [0.1, 0.15) is 0 Å². The number of hydrogen-bond donors (Lipinski definition) is 2. The van der Waals surface area contributed by atoms with Gasteiger partial charge >= 0.3 is 0 Å². The molecule has 1 aliphatic rings. The minimum atomic E-state index is -0.291. The van der Waals surface area contributed by atoms with Crippen molar-refractivity contribution >= 4 is 5.91 Å². The molecule has 3 nitrogen and oxygen atoms in total. The van der Waals surface area contributed by atoms with Gasteiger partial charge in [0.2, 0.25) is 5.91 Å². The quantitative estimate of drug-likeness (QED) is 0.838. The van der Waals surface area contributed by atoms with Crippen LogP contribution in [0.25, 0.3) is 0 Å². The zero-order chi connectivity index (χ0) is 12.4. The molecule has 0 heterocycles. The fraction of sp³-hybridized carbons (Fsp3) is 0.500. The van der Waals surface area contributed by atoms with E-state index in [1.54, 1.807) is 0 Å². The summed E-state index contributed by atoms with van der Waals surface area (Å²) in [5.41, 5.74) is 8.01. The van der Waals surface area contributed by atoms with Crippen molar-refractivity contribution < 1.29 is 4.79 Å². The van der Waals surface area contributed by atoms with Gasteiger partial charge in [0, 0.05) is 6.04 Å². The molecule has 3 unspecified atom stereocenters. The lowest BCUT2D eigenvalue weighted by Crippen LogP contribution is -2.41. The minimum Gasteiger partial charge on any atom is -0.368 e. The van der Waals surface area contributed by atoms with E-state index in [2.05, 4.69) is 36.5 Å². The van der Waals surface area contributed by atoms with Crippen LogP contribution in [0.4, 0.5) is 0 Å². The standard InChI is InChI=1S/C14H20N2O/c1-9-7-8-13(16-10(2)14(15)17)12-6-4-3-5-11(9)12/h3-6,9-10,13,16H,7-8H2,1-2H3,(H2,15,17). The van der Waals surface area contributed by atoms with Gasteiger partial charge in [-0.2, -0.15) is 0 Å². The van der Waals surface area contributed by atoms with Gasteiger partial charge in [-0.25, -0.2) is 0 Å². The second-order valence-corrected chi connectivity index (χ2v) is 4.95. The lowest BCUT2D eigenvalue weighted by atomic mass is 9.81. The number of benzene rings is 1. The van der Waals surface area contributed by atoms with Gasteiger partial charge in [0.05, 0.1) is 6.04 Å². The van der Waals surface area contributed by atoms with Gasteiger partial charge < -0.3 is 5.73 Å². The topological polar surface area (TPSA) is 55.1 Å². The molecule has 0 fully saturated rings. The smallest absolute Gasteiger partial charge is 0.234 e. The van der Waals surface area contributed by atoms with Crippen LogP contribution < -0.4 is 11.1 Å². The van der Waals surface area contributed by atoms with Crippen molar-refractivity contribution in [3.8, 4) is 0 Å². The van der Waals surface area contributed by atoms with Crippen LogP contribution in [-0.4, -0.2) is 11.9 Å². The number of amides is 1. The average Bonchev–Trinajstić information content (AvgIpc) is 2.33. The summed E-state index contributed by atoms with van der Waals surface area (Å²) >= 11 is 0. The normalized spacial score (nSPS) is 25.1. The first-order valence-corrected chi connectivity index (χ1v) is 6.23. The summed E-state index contributed by atoms with van der Waals surface area (Å²) in [7, 11) is 0.